The number of hydrogen-bond donors (Lipinski definition) is 1. The number of carbonyl (C=O) groups is 2. The maximum absolute atomic E-state index is 13.5. The molecule has 2 rings (SSSR count). The van der Waals surface area contributed by atoms with Crippen molar-refractivity contribution in [2.75, 3.05) is 0 Å². The molecule has 0 saturated heterocycles. The number of hydrogen-bond acceptors (Lipinski definition) is 4. The lowest BCUT2D eigenvalue weighted by molar-refractivity contribution is 0.00663. The highest BCUT2D eigenvalue weighted by Gasteiger charge is 2.25. The Hall–Kier alpha value is -2.66. The van der Waals surface area contributed by atoms with E-state index in [-0.39, 0.29) is 17.9 Å². The van der Waals surface area contributed by atoms with Crippen LogP contribution in [0.2, 0.25) is 0 Å². The fourth-order valence-electron chi connectivity index (χ4n) is 3.21. The quantitative estimate of drug-likeness (QED) is 0.593. The summed E-state index contributed by atoms with van der Waals surface area (Å²) in [5.74, 6) is -0.420. The van der Waals surface area contributed by atoms with Gasteiger partial charge in [0, 0.05) is 30.7 Å². The number of rotatable bonds is 8. The maximum Gasteiger partial charge on any atom is 0.338 e. The third kappa shape index (κ3) is 7.21. The molecule has 0 aromatic heterocycles. The minimum atomic E-state index is -0.583. The van der Waals surface area contributed by atoms with E-state index in [1.54, 1.807) is 11.0 Å². The summed E-state index contributed by atoms with van der Waals surface area (Å²) < 4.78 is 5.57. The van der Waals surface area contributed by atoms with Crippen LogP contribution in [0.15, 0.2) is 48.5 Å². The van der Waals surface area contributed by atoms with Crippen molar-refractivity contribution in [1.82, 2.24) is 10.2 Å². The first-order valence-corrected chi connectivity index (χ1v) is 10.9. The van der Waals surface area contributed by atoms with Gasteiger partial charge in [0.05, 0.1) is 5.56 Å². The van der Waals surface area contributed by atoms with Crippen LogP contribution in [-0.2, 0) is 17.8 Å². The Kier molecular flexibility index (Phi) is 8.40. The van der Waals surface area contributed by atoms with E-state index in [0.717, 1.165) is 11.1 Å². The average Bonchev–Trinajstić information content (AvgIpc) is 2.69. The summed E-state index contributed by atoms with van der Waals surface area (Å²) in [7, 11) is 0. The van der Waals surface area contributed by atoms with Gasteiger partial charge in [-0.1, -0.05) is 50.2 Å². The van der Waals surface area contributed by atoms with Crippen molar-refractivity contribution in [3.8, 4) is 0 Å². The van der Waals surface area contributed by atoms with Gasteiger partial charge in [-0.15, -0.1) is 0 Å². The third-order valence-corrected chi connectivity index (χ3v) is 4.81. The summed E-state index contributed by atoms with van der Waals surface area (Å²) in [6, 6.07) is 15.3. The van der Waals surface area contributed by atoms with Gasteiger partial charge in [0.25, 0.3) is 5.91 Å². The molecule has 1 amide bonds. The van der Waals surface area contributed by atoms with Gasteiger partial charge >= 0.3 is 5.97 Å². The lowest BCUT2D eigenvalue weighted by atomic mass is 10.0. The second-order valence-corrected chi connectivity index (χ2v) is 9.38. The Labute approximate surface area is 186 Å². The first-order chi connectivity index (χ1) is 14.5. The van der Waals surface area contributed by atoms with Gasteiger partial charge in [-0.05, 0) is 57.9 Å². The van der Waals surface area contributed by atoms with Crippen LogP contribution in [0.25, 0.3) is 0 Å². The molecular formula is C26H36N2O3. The summed E-state index contributed by atoms with van der Waals surface area (Å²) in [4.78, 5) is 28.1. The van der Waals surface area contributed by atoms with Crippen LogP contribution >= 0.6 is 0 Å². The van der Waals surface area contributed by atoms with Gasteiger partial charge in [-0.2, -0.15) is 0 Å². The Balaban J connectivity index is 2.34. The van der Waals surface area contributed by atoms with Gasteiger partial charge in [-0.25, -0.2) is 4.79 Å². The topological polar surface area (TPSA) is 58.6 Å². The van der Waals surface area contributed by atoms with Gasteiger partial charge in [0.1, 0.15) is 5.60 Å². The van der Waals surface area contributed by atoms with Gasteiger partial charge in [0.15, 0.2) is 0 Å². The maximum atomic E-state index is 13.5. The highest BCUT2D eigenvalue weighted by Crippen LogP contribution is 2.21. The highest BCUT2D eigenvalue weighted by molar-refractivity contribution is 5.96. The van der Waals surface area contributed by atoms with Crippen LogP contribution < -0.4 is 5.32 Å². The first-order valence-electron chi connectivity index (χ1n) is 10.9. The van der Waals surface area contributed by atoms with Gasteiger partial charge in [-0.3, -0.25) is 4.79 Å². The van der Waals surface area contributed by atoms with E-state index in [4.69, 9.17) is 4.74 Å². The number of nitrogens with zero attached hydrogens (tertiary/aromatic N) is 1. The molecular weight excluding hydrogens is 388 g/mol. The molecule has 0 aliphatic heterocycles. The Morgan fingerprint density at radius 3 is 2.00 bits per heavy atom. The SMILES string of the molecule is CC(C)NCc1ccccc1C(=O)N(Cc1ccccc1C(=O)OC(C)(C)C)C(C)C. The molecule has 5 heteroatoms. The predicted octanol–water partition coefficient (Wildman–Crippen LogP) is 5.19. The summed E-state index contributed by atoms with van der Waals surface area (Å²) >= 11 is 0. The number of carbonyl (C=O) groups excluding carboxylic acids is 2. The fourth-order valence-corrected chi connectivity index (χ4v) is 3.21. The van der Waals surface area contributed by atoms with Crippen molar-refractivity contribution in [3.63, 3.8) is 0 Å². The molecule has 0 radical (unpaired) electrons. The minimum Gasteiger partial charge on any atom is -0.456 e. The van der Waals surface area contributed by atoms with E-state index in [1.165, 1.54) is 0 Å². The van der Waals surface area contributed by atoms with Crippen LogP contribution in [0, 0.1) is 0 Å². The molecule has 0 aliphatic rings. The van der Waals surface area contributed by atoms with Crippen molar-refractivity contribution in [2.24, 2.45) is 0 Å². The number of nitrogens with one attached hydrogen (secondary N) is 1. The molecule has 0 bridgehead atoms. The lowest BCUT2D eigenvalue weighted by Crippen LogP contribution is -2.38. The lowest BCUT2D eigenvalue weighted by Gasteiger charge is -2.29. The number of amides is 1. The summed E-state index contributed by atoms with van der Waals surface area (Å²) in [6.45, 7) is 14.6. The largest absolute Gasteiger partial charge is 0.456 e. The van der Waals surface area contributed by atoms with Crippen molar-refractivity contribution in [1.29, 1.82) is 0 Å². The van der Waals surface area contributed by atoms with E-state index in [0.29, 0.717) is 30.3 Å². The molecule has 0 fully saturated rings. The first kappa shape index (κ1) is 24.6. The van der Waals surface area contributed by atoms with E-state index in [9.17, 15) is 9.59 Å². The molecule has 0 aliphatic carbocycles. The second-order valence-electron chi connectivity index (χ2n) is 9.38. The number of ether oxygens (including phenoxy) is 1. The number of benzene rings is 2. The van der Waals surface area contributed by atoms with E-state index >= 15 is 0 Å². The van der Waals surface area contributed by atoms with Crippen LogP contribution in [0.1, 0.15) is 80.3 Å². The van der Waals surface area contributed by atoms with Gasteiger partial charge in [0.2, 0.25) is 0 Å². The van der Waals surface area contributed by atoms with E-state index in [1.807, 2.05) is 77.1 Å². The molecule has 0 spiro atoms. The minimum absolute atomic E-state index is 0.0368. The van der Waals surface area contributed by atoms with Crippen molar-refractivity contribution in [3.05, 3.63) is 70.8 Å². The standard InChI is InChI=1S/C26H36N2O3/c1-18(2)27-16-20-12-8-10-14-22(20)24(29)28(19(3)4)17-21-13-9-11-15-23(21)25(30)31-26(5,6)7/h8-15,18-19,27H,16-17H2,1-7H3. The molecule has 0 unspecified atom stereocenters. The molecule has 1 N–H and O–H groups in total. The van der Waals surface area contributed by atoms with Crippen LogP contribution in [0.3, 0.4) is 0 Å². The Bertz CT molecular complexity index is 898. The van der Waals surface area contributed by atoms with E-state index in [2.05, 4.69) is 19.2 Å². The van der Waals surface area contributed by atoms with Crippen molar-refractivity contribution >= 4 is 11.9 Å². The second kappa shape index (κ2) is 10.6. The Morgan fingerprint density at radius 2 is 1.45 bits per heavy atom. The molecule has 31 heavy (non-hydrogen) atoms. The molecule has 5 nitrogen and oxygen atoms in total. The summed E-state index contributed by atoms with van der Waals surface area (Å²) in [5.41, 5.74) is 2.33. The van der Waals surface area contributed by atoms with Crippen LogP contribution in [0.4, 0.5) is 0 Å². The molecule has 168 valence electrons. The monoisotopic (exact) mass is 424 g/mol. The molecule has 0 saturated carbocycles. The van der Waals surface area contributed by atoms with Gasteiger partial charge < -0.3 is 15.0 Å². The zero-order valence-electron chi connectivity index (χ0n) is 19.9. The predicted molar refractivity (Wildman–Crippen MR) is 125 cm³/mol. The van der Waals surface area contributed by atoms with Crippen LogP contribution in [0.5, 0.6) is 0 Å². The van der Waals surface area contributed by atoms with Crippen molar-refractivity contribution < 1.29 is 14.3 Å². The van der Waals surface area contributed by atoms with Crippen molar-refractivity contribution in [2.45, 2.75) is 79.2 Å². The summed E-state index contributed by atoms with van der Waals surface area (Å²) in [6.07, 6.45) is 0. The summed E-state index contributed by atoms with van der Waals surface area (Å²) in [5, 5.41) is 3.39. The zero-order valence-corrected chi connectivity index (χ0v) is 19.9. The Morgan fingerprint density at radius 1 is 0.903 bits per heavy atom. The fraction of sp³-hybridized carbons (Fsp3) is 0.462. The number of esters is 1. The highest BCUT2D eigenvalue weighted by atomic mass is 16.6. The van der Waals surface area contributed by atoms with Crippen LogP contribution in [-0.4, -0.2) is 34.5 Å². The average molecular weight is 425 g/mol. The molecule has 2 aromatic carbocycles. The smallest absolute Gasteiger partial charge is 0.338 e. The molecule has 0 atom stereocenters. The zero-order chi connectivity index (χ0) is 23.2. The van der Waals surface area contributed by atoms with E-state index < -0.39 is 5.60 Å². The third-order valence-electron chi connectivity index (χ3n) is 4.81. The molecule has 0 heterocycles. The molecule has 2 aromatic rings. The normalized spacial score (nSPS) is 11.6.